The fourth-order valence-electron chi connectivity index (χ4n) is 1.65. The Balaban J connectivity index is 2.27. The lowest BCUT2D eigenvalue weighted by atomic mass is 10.00. The monoisotopic (exact) mass is 245 g/mol. The molecule has 1 aromatic heterocycles. The molecule has 1 fully saturated rings. The average molecular weight is 246 g/mol. The lowest BCUT2D eigenvalue weighted by molar-refractivity contribution is -0.142. The van der Waals surface area contributed by atoms with Crippen molar-refractivity contribution in [2.75, 3.05) is 0 Å². The zero-order valence-corrected chi connectivity index (χ0v) is 9.14. The maximum atomic E-state index is 11.1. The molecule has 1 aliphatic heterocycles. The fraction of sp³-hybridized carbons (Fsp3) is 0.333. The second kappa shape index (κ2) is 3.83. The number of carboxylic acids is 1. The third-order valence-electron chi connectivity index (χ3n) is 2.34. The van der Waals surface area contributed by atoms with Crippen molar-refractivity contribution in [3.05, 3.63) is 21.3 Å². The van der Waals surface area contributed by atoms with Gasteiger partial charge in [-0.2, -0.15) is 0 Å². The van der Waals surface area contributed by atoms with E-state index in [1.165, 1.54) is 11.3 Å². The third kappa shape index (κ3) is 1.98. The largest absolute Gasteiger partial charge is 0.481 e. The van der Waals surface area contributed by atoms with Crippen LogP contribution in [0.3, 0.4) is 0 Å². The number of carboxylic acid groups (broad SMARTS) is 1. The molecule has 4 nitrogen and oxygen atoms in total. The van der Waals surface area contributed by atoms with Gasteiger partial charge in [-0.05, 0) is 12.1 Å². The molecule has 2 rings (SSSR count). The molecule has 0 spiro atoms. The van der Waals surface area contributed by atoms with Crippen molar-refractivity contribution in [1.82, 2.24) is 5.32 Å². The van der Waals surface area contributed by atoms with Crippen LogP contribution in [-0.4, -0.2) is 17.0 Å². The van der Waals surface area contributed by atoms with Crippen LogP contribution in [0.2, 0.25) is 4.34 Å². The van der Waals surface area contributed by atoms with Crippen molar-refractivity contribution in [3.8, 4) is 0 Å². The van der Waals surface area contributed by atoms with Gasteiger partial charge in [-0.1, -0.05) is 11.6 Å². The van der Waals surface area contributed by atoms with E-state index in [2.05, 4.69) is 5.32 Å². The van der Waals surface area contributed by atoms with Crippen molar-refractivity contribution in [1.29, 1.82) is 0 Å². The van der Waals surface area contributed by atoms with Gasteiger partial charge < -0.3 is 10.4 Å². The summed E-state index contributed by atoms with van der Waals surface area (Å²) in [6.07, 6.45) is 0.0372. The first-order valence-electron chi connectivity index (χ1n) is 4.35. The number of nitrogens with one attached hydrogen (secondary N) is 1. The molecule has 1 amide bonds. The number of halogens is 1. The molecule has 0 saturated carbocycles. The molecular weight excluding hydrogens is 238 g/mol. The summed E-state index contributed by atoms with van der Waals surface area (Å²) in [5, 5.41) is 11.6. The molecule has 0 aromatic carbocycles. The van der Waals surface area contributed by atoms with Crippen molar-refractivity contribution in [2.45, 2.75) is 12.5 Å². The highest BCUT2D eigenvalue weighted by Crippen LogP contribution is 2.35. The molecule has 15 heavy (non-hydrogen) atoms. The van der Waals surface area contributed by atoms with Gasteiger partial charge in [0.2, 0.25) is 5.91 Å². The molecule has 6 heteroatoms. The fourth-order valence-corrected chi connectivity index (χ4v) is 2.82. The normalized spacial score (nSPS) is 25.3. The number of carbonyl (C=O) groups excluding carboxylic acids is 1. The molecular formula is C9H8ClNO3S. The second-order valence-corrected chi connectivity index (χ2v) is 5.08. The van der Waals surface area contributed by atoms with E-state index in [9.17, 15) is 9.59 Å². The second-order valence-electron chi connectivity index (χ2n) is 3.34. The SMILES string of the molecule is O=C1C[C@@H](C(=O)O)[C@H](c2ccc(Cl)s2)N1. The zero-order chi connectivity index (χ0) is 11.0. The lowest BCUT2D eigenvalue weighted by Crippen LogP contribution is -2.23. The Labute approximate surface area is 94.9 Å². The van der Waals surface area contributed by atoms with Crippen molar-refractivity contribution in [2.24, 2.45) is 5.92 Å². The predicted octanol–water partition coefficient (Wildman–Crippen LogP) is 1.66. The Morgan fingerprint density at radius 2 is 2.33 bits per heavy atom. The molecule has 1 aromatic rings. The van der Waals surface area contributed by atoms with Gasteiger partial charge in [0.05, 0.1) is 16.3 Å². The minimum absolute atomic E-state index is 0.0372. The number of hydrogen-bond donors (Lipinski definition) is 2. The number of carbonyl (C=O) groups is 2. The van der Waals surface area contributed by atoms with Gasteiger partial charge >= 0.3 is 5.97 Å². The minimum Gasteiger partial charge on any atom is -0.481 e. The van der Waals surface area contributed by atoms with Crippen LogP contribution in [0.25, 0.3) is 0 Å². The Hall–Kier alpha value is -1.07. The van der Waals surface area contributed by atoms with Gasteiger partial charge in [0.25, 0.3) is 0 Å². The van der Waals surface area contributed by atoms with E-state index in [-0.39, 0.29) is 12.3 Å². The molecule has 1 aliphatic rings. The summed E-state index contributed by atoms with van der Waals surface area (Å²) < 4.78 is 0.593. The molecule has 0 unspecified atom stereocenters. The topological polar surface area (TPSA) is 66.4 Å². The number of rotatable bonds is 2. The van der Waals surface area contributed by atoms with E-state index in [0.717, 1.165) is 4.88 Å². The van der Waals surface area contributed by atoms with Gasteiger partial charge in [0, 0.05) is 11.3 Å². The van der Waals surface area contributed by atoms with E-state index in [1.807, 2.05) is 0 Å². The van der Waals surface area contributed by atoms with Crippen molar-refractivity contribution in [3.63, 3.8) is 0 Å². The molecule has 0 aliphatic carbocycles. The van der Waals surface area contributed by atoms with Crippen LogP contribution in [0.5, 0.6) is 0 Å². The highest BCUT2D eigenvalue weighted by Gasteiger charge is 2.39. The molecule has 80 valence electrons. The van der Waals surface area contributed by atoms with Crippen LogP contribution in [0, 0.1) is 5.92 Å². The standard InChI is InChI=1S/C9H8ClNO3S/c10-6-2-1-5(15-6)8-4(9(13)14)3-7(12)11-8/h1-2,4,8H,3H2,(H,11,12)(H,13,14)/t4-,8-/m1/s1. The van der Waals surface area contributed by atoms with Gasteiger partial charge in [-0.3, -0.25) is 9.59 Å². The third-order valence-corrected chi connectivity index (χ3v) is 3.66. The van der Waals surface area contributed by atoms with Crippen molar-refractivity contribution >= 4 is 34.8 Å². The zero-order valence-electron chi connectivity index (χ0n) is 7.57. The van der Waals surface area contributed by atoms with Crippen LogP contribution >= 0.6 is 22.9 Å². The molecule has 1 saturated heterocycles. The molecule has 2 N–H and O–H groups in total. The van der Waals surface area contributed by atoms with Crippen LogP contribution in [-0.2, 0) is 9.59 Å². The summed E-state index contributed by atoms with van der Waals surface area (Å²) in [5.74, 6) is -1.87. The maximum absolute atomic E-state index is 11.1. The number of amides is 1. The van der Waals surface area contributed by atoms with Gasteiger partial charge in [0.1, 0.15) is 0 Å². The van der Waals surface area contributed by atoms with Gasteiger partial charge in [0.15, 0.2) is 0 Å². The minimum atomic E-state index is -0.956. The number of hydrogen-bond acceptors (Lipinski definition) is 3. The first kappa shape index (κ1) is 10.4. The highest BCUT2D eigenvalue weighted by molar-refractivity contribution is 7.16. The van der Waals surface area contributed by atoms with Gasteiger partial charge in [-0.25, -0.2) is 0 Å². The van der Waals surface area contributed by atoms with E-state index >= 15 is 0 Å². The Morgan fingerprint density at radius 1 is 1.60 bits per heavy atom. The summed E-state index contributed by atoms with van der Waals surface area (Å²) >= 11 is 7.06. The van der Waals surface area contributed by atoms with Gasteiger partial charge in [-0.15, -0.1) is 11.3 Å². The Kier molecular flexibility index (Phi) is 2.67. The van der Waals surface area contributed by atoms with Crippen LogP contribution in [0.15, 0.2) is 12.1 Å². The smallest absolute Gasteiger partial charge is 0.309 e. The van der Waals surface area contributed by atoms with E-state index < -0.39 is 17.9 Å². The van der Waals surface area contributed by atoms with E-state index in [1.54, 1.807) is 12.1 Å². The highest BCUT2D eigenvalue weighted by atomic mass is 35.5. The van der Waals surface area contributed by atoms with E-state index in [4.69, 9.17) is 16.7 Å². The van der Waals surface area contributed by atoms with Crippen molar-refractivity contribution < 1.29 is 14.7 Å². The first-order valence-corrected chi connectivity index (χ1v) is 5.55. The number of aliphatic carboxylic acids is 1. The van der Waals surface area contributed by atoms with Crippen LogP contribution in [0.1, 0.15) is 17.3 Å². The molecule has 0 radical (unpaired) electrons. The predicted molar refractivity (Wildman–Crippen MR) is 56.0 cm³/mol. The number of thiophene rings is 1. The lowest BCUT2D eigenvalue weighted by Gasteiger charge is -2.12. The van der Waals surface area contributed by atoms with E-state index in [0.29, 0.717) is 4.34 Å². The molecule has 0 bridgehead atoms. The maximum Gasteiger partial charge on any atom is 0.309 e. The first-order chi connectivity index (χ1) is 7.08. The van der Waals surface area contributed by atoms with Crippen LogP contribution < -0.4 is 5.32 Å². The summed E-state index contributed by atoms with van der Waals surface area (Å²) in [6, 6.07) is 3.01. The quantitative estimate of drug-likeness (QED) is 0.833. The Morgan fingerprint density at radius 3 is 2.87 bits per heavy atom. The molecule has 2 heterocycles. The summed E-state index contributed by atoms with van der Waals surface area (Å²) in [4.78, 5) is 22.9. The average Bonchev–Trinajstić information content (AvgIpc) is 2.71. The summed E-state index contributed by atoms with van der Waals surface area (Å²) in [6.45, 7) is 0. The molecule has 2 atom stereocenters. The summed E-state index contributed by atoms with van der Waals surface area (Å²) in [5.41, 5.74) is 0. The summed E-state index contributed by atoms with van der Waals surface area (Å²) in [7, 11) is 0. The van der Waals surface area contributed by atoms with Crippen LogP contribution in [0.4, 0.5) is 0 Å². The Bertz CT molecular complexity index is 417.